The molecule has 0 atom stereocenters. The van der Waals surface area contributed by atoms with Gasteiger partial charge in [-0.1, -0.05) is 28.9 Å². The van der Waals surface area contributed by atoms with Crippen LogP contribution in [-0.4, -0.2) is 19.8 Å². The van der Waals surface area contributed by atoms with Gasteiger partial charge >= 0.3 is 0 Å². The number of para-hydroxylation sites is 1. The van der Waals surface area contributed by atoms with E-state index in [4.69, 9.17) is 16.1 Å². The van der Waals surface area contributed by atoms with Crippen molar-refractivity contribution in [3.8, 4) is 28.6 Å². The Balaban J connectivity index is 1.91. The summed E-state index contributed by atoms with van der Waals surface area (Å²) in [5.41, 5.74) is 0.874. The second-order valence-electron chi connectivity index (χ2n) is 5.53. The molecule has 0 saturated carbocycles. The van der Waals surface area contributed by atoms with Crippen molar-refractivity contribution in [3.05, 3.63) is 63.9 Å². The summed E-state index contributed by atoms with van der Waals surface area (Å²) in [4.78, 5) is 16.9. The highest BCUT2D eigenvalue weighted by atomic mass is 35.5. The number of aromatic nitrogens is 3. The summed E-state index contributed by atoms with van der Waals surface area (Å²) in [6, 6.07) is 14.0. The minimum Gasteiger partial charge on any atom is -0.506 e. The molecule has 0 aliphatic rings. The SMILES string of the molecule is Cn1c(=O)c(-c2nc(-c3ccc(Cl)cc3)no2)c(O)c2ccccc21. The molecular formula is C18H12ClN3O3. The fraction of sp³-hybridized carbons (Fsp3) is 0.0556. The number of nitrogens with zero attached hydrogens (tertiary/aromatic N) is 3. The largest absolute Gasteiger partial charge is 0.506 e. The predicted octanol–water partition coefficient (Wildman–Crippen LogP) is 3.61. The molecule has 4 aromatic rings. The average Bonchev–Trinajstić information content (AvgIpc) is 3.10. The van der Waals surface area contributed by atoms with Crippen molar-refractivity contribution >= 4 is 22.5 Å². The van der Waals surface area contributed by atoms with E-state index in [1.807, 2.05) is 0 Å². The van der Waals surface area contributed by atoms with E-state index in [1.165, 1.54) is 4.57 Å². The van der Waals surface area contributed by atoms with Gasteiger partial charge in [0.25, 0.3) is 11.4 Å². The number of rotatable bonds is 2. The highest BCUT2D eigenvalue weighted by Crippen LogP contribution is 2.32. The summed E-state index contributed by atoms with van der Waals surface area (Å²) in [7, 11) is 1.63. The first-order chi connectivity index (χ1) is 12.1. The molecule has 25 heavy (non-hydrogen) atoms. The number of fused-ring (bicyclic) bond motifs is 1. The quantitative estimate of drug-likeness (QED) is 0.595. The molecule has 0 bridgehead atoms. The highest BCUT2D eigenvalue weighted by Gasteiger charge is 2.21. The van der Waals surface area contributed by atoms with Gasteiger partial charge in [0.2, 0.25) is 5.82 Å². The molecule has 0 saturated heterocycles. The lowest BCUT2D eigenvalue weighted by Gasteiger charge is -2.09. The number of aryl methyl sites for hydroxylation is 1. The van der Waals surface area contributed by atoms with Crippen LogP contribution >= 0.6 is 11.6 Å². The van der Waals surface area contributed by atoms with Gasteiger partial charge in [0, 0.05) is 23.0 Å². The Labute approximate surface area is 146 Å². The molecule has 1 N–H and O–H groups in total. The first kappa shape index (κ1) is 15.4. The molecule has 4 rings (SSSR count). The number of pyridine rings is 1. The molecule has 0 aliphatic heterocycles. The van der Waals surface area contributed by atoms with E-state index in [9.17, 15) is 9.90 Å². The Morgan fingerprint density at radius 2 is 1.84 bits per heavy atom. The van der Waals surface area contributed by atoms with Gasteiger partial charge in [0.05, 0.1) is 5.52 Å². The zero-order valence-corrected chi connectivity index (χ0v) is 13.9. The molecular weight excluding hydrogens is 342 g/mol. The van der Waals surface area contributed by atoms with Gasteiger partial charge in [0.1, 0.15) is 11.3 Å². The fourth-order valence-corrected chi connectivity index (χ4v) is 2.84. The summed E-state index contributed by atoms with van der Waals surface area (Å²) in [5.74, 6) is 0.0973. The van der Waals surface area contributed by atoms with E-state index < -0.39 is 5.56 Å². The van der Waals surface area contributed by atoms with E-state index in [0.29, 0.717) is 27.3 Å². The van der Waals surface area contributed by atoms with Gasteiger partial charge < -0.3 is 14.2 Å². The van der Waals surface area contributed by atoms with Gasteiger partial charge in [0.15, 0.2) is 0 Å². The van der Waals surface area contributed by atoms with E-state index >= 15 is 0 Å². The molecule has 6 nitrogen and oxygen atoms in total. The van der Waals surface area contributed by atoms with Crippen LogP contribution in [0.25, 0.3) is 33.7 Å². The van der Waals surface area contributed by atoms with Crippen LogP contribution in [0.1, 0.15) is 0 Å². The third-order valence-electron chi connectivity index (χ3n) is 4.02. The molecule has 0 aliphatic carbocycles. The fourth-order valence-electron chi connectivity index (χ4n) is 2.71. The summed E-state index contributed by atoms with van der Waals surface area (Å²) in [6.07, 6.45) is 0. The summed E-state index contributed by atoms with van der Waals surface area (Å²) in [6.45, 7) is 0. The number of halogens is 1. The van der Waals surface area contributed by atoms with Crippen molar-refractivity contribution in [2.45, 2.75) is 0 Å². The van der Waals surface area contributed by atoms with Crippen LogP contribution in [-0.2, 0) is 7.05 Å². The summed E-state index contributed by atoms with van der Waals surface area (Å²) >= 11 is 5.87. The van der Waals surface area contributed by atoms with Crippen LogP contribution in [0, 0.1) is 0 Å². The topological polar surface area (TPSA) is 81.2 Å². The first-order valence-corrected chi connectivity index (χ1v) is 7.85. The molecule has 2 aromatic carbocycles. The maximum Gasteiger partial charge on any atom is 0.267 e. The zero-order valence-electron chi connectivity index (χ0n) is 13.1. The molecule has 0 spiro atoms. The third kappa shape index (κ3) is 2.47. The monoisotopic (exact) mass is 353 g/mol. The minimum absolute atomic E-state index is 0.0195. The van der Waals surface area contributed by atoms with E-state index in [1.54, 1.807) is 55.6 Å². The van der Waals surface area contributed by atoms with Crippen molar-refractivity contribution in [1.82, 2.24) is 14.7 Å². The Hall–Kier alpha value is -3.12. The van der Waals surface area contributed by atoms with Crippen LogP contribution in [0.5, 0.6) is 5.75 Å². The smallest absolute Gasteiger partial charge is 0.267 e. The molecule has 7 heteroatoms. The minimum atomic E-state index is -0.414. The average molecular weight is 354 g/mol. The normalized spacial score (nSPS) is 11.1. The van der Waals surface area contributed by atoms with Crippen LogP contribution in [0.3, 0.4) is 0 Å². The summed E-state index contributed by atoms with van der Waals surface area (Å²) in [5, 5.41) is 15.6. The van der Waals surface area contributed by atoms with Crippen molar-refractivity contribution in [2.75, 3.05) is 0 Å². The van der Waals surface area contributed by atoms with Gasteiger partial charge in [-0.3, -0.25) is 4.79 Å². The Bertz CT molecular complexity index is 1150. The number of aromatic hydroxyl groups is 1. The van der Waals surface area contributed by atoms with Gasteiger partial charge in [-0.05, 0) is 36.4 Å². The van der Waals surface area contributed by atoms with Crippen molar-refractivity contribution in [3.63, 3.8) is 0 Å². The third-order valence-corrected chi connectivity index (χ3v) is 4.27. The maximum atomic E-state index is 12.7. The molecule has 0 radical (unpaired) electrons. The summed E-state index contributed by atoms with van der Waals surface area (Å²) < 4.78 is 6.67. The van der Waals surface area contributed by atoms with Crippen molar-refractivity contribution in [2.24, 2.45) is 7.05 Å². The number of benzene rings is 2. The van der Waals surface area contributed by atoms with Gasteiger partial charge in [-0.2, -0.15) is 4.98 Å². The van der Waals surface area contributed by atoms with Crippen LogP contribution < -0.4 is 5.56 Å². The number of hydrogen-bond acceptors (Lipinski definition) is 5. The Morgan fingerprint density at radius 1 is 1.12 bits per heavy atom. The lowest BCUT2D eigenvalue weighted by atomic mass is 10.1. The molecule has 0 fully saturated rings. The Morgan fingerprint density at radius 3 is 2.60 bits per heavy atom. The maximum absolute atomic E-state index is 12.7. The molecule has 0 amide bonds. The van der Waals surface area contributed by atoms with Crippen LogP contribution in [0.2, 0.25) is 5.02 Å². The van der Waals surface area contributed by atoms with E-state index in [0.717, 1.165) is 0 Å². The number of hydrogen-bond donors (Lipinski definition) is 1. The highest BCUT2D eigenvalue weighted by molar-refractivity contribution is 6.30. The first-order valence-electron chi connectivity index (χ1n) is 7.47. The molecule has 2 aromatic heterocycles. The van der Waals surface area contributed by atoms with E-state index in [2.05, 4.69) is 10.1 Å². The lowest BCUT2D eigenvalue weighted by Crippen LogP contribution is -2.19. The van der Waals surface area contributed by atoms with Gasteiger partial charge in [-0.25, -0.2) is 0 Å². The van der Waals surface area contributed by atoms with Gasteiger partial charge in [-0.15, -0.1) is 0 Å². The van der Waals surface area contributed by atoms with E-state index in [-0.39, 0.29) is 17.2 Å². The molecule has 2 heterocycles. The zero-order chi connectivity index (χ0) is 17.6. The second-order valence-corrected chi connectivity index (χ2v) is 5.97. The molecule has 124 valence electrons. The van der Waals surface area contributed by atoms with Crippen LogP contribution in [0.15, 0.2) is 57.8 Å². The Kier molecular flexibility index (Phi) is 3.54. The van der Waals surface area contributed by atoms with Crippen molar-refractivity contribution < 1.29 is 9.63 Å². The second kappa shape index (κ2) is 5.75. The molecule has 0 unspecified atom stereocenters. The predicted molar refractivity (Wildman–Crippen MR) is 94.6 cm³/mol. The van der Waals surface area contributed by atoms with Crippen LogP contribution in [0.4, 0.5) is 0 Å². The van der Waals surface area contributed by atoms with Crippen molar-refractivity contribution in [1.29, 1.82) is 0 Å². The lowest BCUT2D eigenvalue weighted by molar-refractivity contribution is 0.425. The standard InChI is InChI=1S/C18H12ClN3O3/c1-22-13-5-3-2-4-12(13)15(23)14(18(22)24)17-20-16(21-25-17)10-6-8-11(19)9-7-10/h2-9,23H,1H3.